The average Bonchev–Trinajstić information content (AvgIpc) is 2.86. The zero-order chi connectivity index (χ0) is 9.80. The Balaban J connectivity index is 1.83. The van der Waals surface area contributed by atoms with Crippen LogP contribution in [0.2, 0.25) is 0 Å². The Bertz CT molecular complexity index is 365. The highest BCUT2D eigenvalue weighted by molar-refractivity contribution is 5.19. The van der Waals surface area contributed by atoms with E-state index in [0.717, 1.165) is 18.6 Å². The second-order valence-electron chi connectivity index (χ2n) is 3.40. The van der Waals surface area contributed by atoms with Crippen LogP contribution in [0.5, 0.6) is 0 Å². The van der Waals surface area contributed by atoms with E-state index in [0.29, 0.717) is 18.3 Å². The quantitative estimate of drug-likeness (QED) is 0.737. The van der Waals surface area contributed by atoms with Crippen molar-refractivity contribution in [2.75, 3.05) is 0 Å². The van der Waals surface area contributed by atoms with E-state index in [1.807, 2.05) is 12.1 Å². The molecule has 0 saturated carbocycles. The van der Waals surface area contributed by atoms with E-state index in [-0.39, 0.29) is 0 Å². The summed E-state index contributed by atoms with van der Waals surface area (Å²) in [7, 11) is 0. The number of rotatable bonds is 3. The van der Waals surface area contributed by atoms with E-state index < -0.39 is 0 Å². The standard InChI is InChI=1S/C11H12N2O/c12-7-10-5-6-11(14-10)8-13-9-3-1-2-4-9/h1-2,5-6,9,13H,3-4,8H2. The highest BCUT2D eigenvalue weighted by Crippen LogP contribution is 2.11. The van der Waals surface area contributed by atoms with Gasteiger partial charge in [0.25, 0.3) is 0 Å². The maximum atomic E-state index is 8.56. The Hall–Kier alpha value is -1.53. The van der Waals surface area contributed by atoms with Crippen molar-refractivity contribution in [3.8, 4) is 6.07 Å². The third-order valence-corrected chi connectivity index (χ3v) is 2.34. The second-order valence-corrected chi connectivity index (χ2v) is 3.40. The Morgan fingerprint density at radius 2 is 2.21 bits per heavy atom. The summed E-state index contributed by atoms with van der Waals surface area (Å²) in [6.45, 7) is 0.702. The molecule has 72 valence electrons. The molecule has 1 aliphatic rings. The van der Waals surface area contributed by atoms with E-state index in [2.05, 4.69) is 17.5 Å². The number of nitrogens with one attached hydrogen (secondary N) is 1. The van der Waals surface area contributed by atoms with Crippen LogP contribution in [-0.2, 0) is 6.54 Å². The molecule has 0 bridgehead atoms. The van der Waals surface area contributed by atoms with Gasteiger partial charge in [0.05, 0.1) is 6.54 Å². The first-order valence-corrected chi connectivity index (χ1v) is 4.75. The molecule has 1 aliphatic carbocycles. The molecule has 1 aromatic heterocycles. The lowest BCUT2D eigenvalue weighted by Crippen LogP contribution is -2.25. The van der Waals surface area contributed by atoms with Gasteiger partial charge in [0.1, 0.15) is 11.8 Å². The number of hydrogen-bond donors (Lipinski definition) is 1. The van der Waals surface area contributed by atoms with Crippen molar-refractivity contribution in [2.24, 2.45) is 0 Å². The van der Waals surface area contributed by atoms with Gasteiger partial charge in [0.15, 0.2) is 0 Å². The number of furan rings is 1. The molecule has 1 heterocycles. The number of nitrogens with zero attached hydrogens (tertiary/aromatic N) is 1. The fourth-order valence-electron chi connectivity index (χ4n) is 1.56. The molecule has 0 aliphatic heterocycles. The third-order valence-electron chi connectivity index (χ3n) is 2.34. The molecule has 3 nitrogen and oxygen atoms in total. The zero-order valence-corrected chi connectivity index (χ0v) is 7.86. The number of hydrogen-bond acceptors (Lipinski definition) is 3. The molecule has 0 fully saturated rings. The summed E-state index contributed by atoms with van der Waals surface area (Å²) in [5.74, 6) is 1.21. The molecule has 0 radical (unpaired) electrons. The van der Waals surface area contributed by atoms with Crippen LogP contribution in [0.3, 0.4) is 0 Å². The van der Waals surface area contributed by atoms with Gasteiger partial charge in [0.2, 0.25) is 5.76 Å². The van der Waals surface area contributed by atoms with Crippen LogP contribution in [0, 0.1) is 11.3 Å². The van der Waals surface area contributed by atoms with Gasteiger partial charge in [-0.1, -0.05) is 12.2 Å². The summed E-state index contributed by atoms with van der Waals surface area (Å²) in [4.78, 5) is 0. The molecule has 0 aromatic carbocycles. The molecular weight excluding hydrogens is 176 g/mol. The summed E-state index contributed by atoms with van der Waals surface area (Å²) in [6.07, 6.45) is 6.54. The minimum Gasteiger partial charge on any atom is -0.449 e. The summed E-state index contributed by atoms with van der Waals surface area (Å²) in [5.41, 5.74) is 0. The van der Waals surface area contributed by atoms with Crippen molar-refractivity contribution >= 4 is 0 Å². The SMILES string of the molecule is N#Cc1ccc(CNC2CC=CC2)o1. The van der Waals surface area contributed by atoms with Crippen LogP contribution in [0.15, 0.2) is 28.7 Å². The van der Waals surface area contributed by atoms with E-state index >= 15 is 0 Å². The molecule has 3 heteroatoms. The van der Waals surface area contributed by atoms with Gasteiger partial charge in [0, 0.05) is 6.04 Å². The fourth-order valence-corrected chi connectivity index (χ4v) is 1.56. The van der Waals surface area contributed by atoms with E-state index in [1.165, 1.54) is 0 Å². The van der Waals surface area contributed by atoms with E-state index in [9.17, 15) is 0 Å². The monoisotopic (exact) mass is 188 g/mol. The highest BCUT2D eigenvalue weighted by Gasteiger charge is 2.09. The smallest absolute Gasteiger partial charge is 0.203 e. The van der Waals surface area contributed by atoms with E-state index in [4.69, 9.17) is 9.68 Å². The van der Waals surface area contributed by atoms with Crippen LogP contribution in [0.1, 0.15) is 24.4 Å². The molecule has 2 rings (SSSR count). The van der Waals surface area contributed by atoms with Crippen LogP contribution >= 0.6 is 0 Å². The Morgan fingerprint density at radius 1 is 1.43 bits per heavy atom. The summed E-state index contributed by atoms with van der Waals surface area (Å²) >= 11 is 0. The van der Waals surface area contributed by atoms with Gasteiger partial charge in [-0.25, -0.2) is 0 Å². The first-order chi connectivity index (χ1) is 6.88. The predicted molar refractivity (Wildman–Crippen MR) is 52.4 cm³/mol. The number of nitriles is 1. The predicted octanol–water partition coefficient (Wildman–Crippen LogP) is 1.96. The van der Waals surface area contributed by atoms with Crippen molar-refractivity contribution in [1.29, 1.82) is 5.26 Å². The Labute approximate surface area is 83.0 Å². The lowest BCUT2D eigenvalue weighted by molar-refractivity contribution is 0.445. The summed E-state index contributed by atoms with van der Waals surface area (Å²) in [6, 6.07) is 6.04. The van der Waals surface area contributed by atoms with Gasteiger partial charge in [-0.2, -0.15) is 5.26 Å². The normalized spacial score (nSPS) is 15.9. The minimum absolute atomic E-state index is 0.381. The van der Waals surface area contributed by atoms with Crippen LogP contribution in [0.25, 0.3) is 0 Å². The van der Waals surface area contributed by atoms with Gasteiger partial charge in [-0.15, -0.1) is 0 Å². The molecule has 0 amide bonds. The lowest BCUT2D eigenvalue weighted by atomic mass is 10.2. The van der Waals surface area contributed by atoms with Crippen molar-refractivity contribution in [2.45, 2.75) is 25.4 Å². The van der Waals surface area contributed by atoms with Gasteiger partial charge in [-0.3, -0.25) is 0 Å². The van der Waals surface area contributed by atoms with Crippen molar-refractivity contribution in [3.05, 3.63) is 35.8 Å². The Morgan fingerprint density at radius 3 is 2.86 bits per heavy atom. The maximum absolute atomic E-state index is 8.56. The van der Waals surface area contributed by atoms with Crippen molar-refractivity contribution in [3.63, 3.8) is 0 Å². The van der Waals surface area contributed by atoms with Gasteiger partial charge in [-0.05, 0) is 25.0 Å². The molecular formula is C11H12N2O. The first kappa shape index (κ1) is 9.04. The van der Waals surface area contributed by atoms with Gasteiger partial charge >= 0.3 is 0 Å². The molecule has 0 saturated heterocycles. The highest BCUT2D eigenvalue weighted by atomic mass is 16.3. The lowest BCUT2D eigenvalue weighted by Gasteiger charge is -2.09. The third kappa shape index (κ3) is 2.04. The van der Waals surface area contributed by atoms with Crippen LogP contribution in [0.4, 0.5) is 0 Å². The van der Waals surface area contributed by atoms with Crippen molar-refractivity contribution < 1.29 is 4.42 Å². The molecule has 0 unspecified atom stereocenters. The summed E-state index contributed by atoms with van der Waals surface area (Å²) in [5, 5.41) is 11.9. The molecule has 1 aromatic rings. The Kier molecular flexibility index (Phi) is 2.66. The second kappa shape index (κ2) is 4.12. The molecule has 14 heavy (non-hydrogen) atoms. The average molecular weight is 188 g/mol. The first-order valence-electron chi connectivity index (χ1n) is 4.75. The van der Waals surface area contributed by atoms with E-state index in [1.54, 1.807) is 6.07 Å². The molecule has 1 N–H and O–H groups in total. The molecule has 0 spiro atoms. The maximum Gasteiger partial charge on any atom is 0.203 e. The van der Waals surface area contributed by atoms with Gasteiger partial charge < -0.3 is 9.73 Å². The largest absolute Gasteiger partial charge is 0.449 e. The minimum atomic E-state index is 0.381. The zero-order valence-electron chi connectivity index (χ0n) is 7.86. The molecule has 0 atom stereocenters. The van der Waals surface area contributed by atoms with Crippen molar-refractivity contribution in [1.82, 2.24) is 5.32 Å². The van der Waals surface area contributed by atoms with Crippen LogP contribution in [-0.4, -0.2) is 6.04 Å². The topological polar surface area (TPSA) is 49.0 Å². The van der Waals surface area contributed by atoms with Crippen LogP contribution < -0.4 is 5.32 Å². The summed E-state index contributed by atoms with van der Waals surface area (Å²) < 4.78 is 5.25. The fraction of sp³-hybridized carbons (Fsp3) is 0.364.